The number of nitrogens with zero attached hydrogens (tertiary/aromatic N) is 2. The Bertz CT molecular complexity index is 1330. The van der Waals surface area contributed by atoms with Gasteiger partial charge in [0.2, 0.25) is 5.88 Å². The number of aromatic hydroxyl groups is 1. The van der Waals surface area contributed by atoms with Gasteiger partial charge < -0.3 is 9.84 Å². The summed E-state index contributed by atoms with van der Waals surface area (Å²) in [5.41, 5.74) is 1.53. The summed E-state index contributed by atoms with van der Waals surface area (Å²) in [6, 6.07) is 19.4. The summed E-state index contributed by atoms with van der Waals surface area (Å²) in [6.07, 6.45) is 1.52. The van der Waals surface area contributed by atoms with E-state index in [-0.39, 0.29) is 18.0 Å². The molecule has 0 bridgehead atoms. The van der Waals surface area contributed by atoms with Crippen LogP contribution in [-0.2, 0) is 6.54 Å². The van der Waals surface area contributed by atoms with E-state index in [2.05, 4.69) is 4.99 Å². The summed E-state index contributed by atoms with van der Waals surface area (Å²) >= 11 is 12.1. The van der Waals surface area contributed by atoms with Gasteiger partial charge >= 0.3 is 0 Å². The number of hydrogen-bond donors (Lipinski definition) is 1. The number of ether oxygens (including phenoxy) is 1. The van der Waals surface area contributed by atoms with Gasteiger partial charge in [-0.15, -0.1) is 0 Å². The second kappa shape index (κ2) is 8.84. The van der Waals surface area contributed by atoms with E-state index in [1.807, 2.05) is 30.3 Å². The van der Waals surface area contributed by atoms with E-state index in [1.165, 1.54) is 10.8 Å². The first-order chi connectivity index (χ1) is 15.0. The fourth-order valence-corrected chi connectivity index (χ4v) is 3.87. The lowest BCUT2D eigenvalue weighted by Crippen LogP contribution is -2.22. The first-order valence-electron chi connectivity index (χ1n) is 9.44. The lowest BCUT2D eigenvalue weighted by Gasteiger charge is -2.14. The molecule has 0 spiro atoms. The Kier molecular flexibility index (Phi) is 5.98. The van der Waals surface area contributed by atoms with Gasteiger partial charge in [0.25, 0.3) is 5.56 Å². The zero-order chi connectivity index (χ0) is 22.0. The van der Waals surface area contributed by atoms with Crippen LogP contribution in [0.4, 0.5) is 5.69 Å². The minimum absolute atomic E-state index is 0.170. The molecule has 156 valence electrons. The fraction of sp³-hybridized carbons (Fsp3) is 0.0833. The maximum atomic E-state index is 13.1. The van der Waals surface area contributed by atoms with Gasteiger partial charge in [-0.3, -0.25) is 14.4 Å². The minimum Gasteiger partial charge on any atom is -0.497 e. The quantitative estimate of drug-likeness (QED) is 0.387. The van der Waals surface area contributed by atoms with Crippen LogP contribution in [0.3, 0.4) is 0 Å². The maximum absolute atomic E-state index is 13.1. The van der Waals surface area contributed by atoms with E-state index < -0.39 is 0 Å². The van der Waals surface area contributed by atoms with Gasteiger partial charge in [0, 0.05) is 27.0 Å². The molecule has 0 saturated heterocycles. The van der Waals surface area contributed by atoms with Gasteiger partial charge in [-0.05, 0) is 42.0 Å². The monoisotopic (exact) mass is 452 g/mol. The highest BCUT2D eigenvalue weighted by Crippen LogP contribution is 2.27. The molecule has 1 N–H and O–H groups in total. The van der Waals surface area contributed by atoms with Crippen molar-refractivity contribution in [2.45, 2.75) is 6.54 Å². The molecule has 3 aromatic carbocycles. The lowest BCUT2D eigenvalue weighted by molar-refractivity contribution is 0.412. The molecule has 4 rings (SSSR count). The van der Waals surface area contributed by atoms with Gasteiger partial charge in [0.05, 0.1) is 24.9 Å². The molecule has 0 aliphatic carbocycles. The third-order valence-electron chi connectivity index (χ3n) is 4.88. The first kappa shape index (κ1) is 21.0. The second-order valence-corrected chi connectivity index (χ2v) is 7.78. The summed E-state index contributed by atoms with van der Waals surface area (Å²) in [5, 5.41) is 13.0. The SMILES string of the molecule is COc1ccc(Cn2c(O)c(C=Nc3cc(Cl)cc(Cl)c3)c3ccccc3c2=O)cc1. The van der Waals surface area contributed by atoms with Gasteiger partial charge in [-0.1, -0.05) is 53.5 Å². The van der Waals surface area contributed by atoms with E-state index in [1.54, 1.807) is 43.5 Å². The molecular weight excluding hydrogens is 435 g/mol. The van der Waals surface area contributed by atoms with Gasteiger partial charge in [0.1, 0.15) is 5.75 Å². The molecule has 0 atom stereocenters. The number of methoxy groups -OCH3 is 1. The van der Waals surface area contributed by atoms with Crippen molar-refractivity contribution in [3.63, 3.8) is 0 Å². The van der Waals surface area contributed by atoms with Crippen molar-refractivity contribution in [1.29, 1.82) is 0 Å². The number of aliphatic imine (C=N–C) groups is 1. The van der Waals surface area contributed by atoms with Crippen molar-refractivity contribution in [2.24, 2.45) is 4.99 Å². The molecule has 0 saturated carbocycles. The van der Waals surface area contributed by atoms with E-state index >= 15 is 0 Å². The Morgan fingerprint density at radius 3 is 2.29 bits per heavy atom. The van der Waals surface area contributed by atoms with Crippen LogP contribution < -0.4 is 10.3 Å². The Hall–Kier alpha value is -3.28. The summed E-state index contributed by atoms with van der Waals surface area (Å²) < 4.78 is 6.51. The Morgan fingerprint density at radius 1 is 1.00 bits per heavy atom. The Morgan fingerprint density at radius 2 is 1.65 bits per heavy atom. The number of rotatable bonds is 5. The summed E-state index contributed by atoms with van der Waals surface area (Å²) in [5.74, 6) is 0.545. The first-order valence-corrected chi connectivity index (χ1v) is 10.2. The molecule has 31 heavy (non-hydrogen) atoms. The van der Waals surface area contributed by atoms with E-state index in [4.69, 9.17) is 27.9 Å². The highest BCUT2D eigenvalue weighted by atomic mass is 35.5. The molecule has 0 fully saturated rings. The van der Waals surface area contributed by atoms with Crippen LogP contribution >= 0.6 is 23.2 Å². The van der Waals surface area contributed by atoms with Crippen LogP contribution in [0.2, 0.25) is 10.0 Å². The van der Waals surface area contributed by atoms with E-state index in [9.17, 15) is 9.90 Å². The van der Waals surface area contributed by atoms with Crippen molar-refractivity contribution in [3.8, 4) is 11.6 Å². The molecule has 0 unspecified atom stereocenters. The molecule has 1 aromatic heterocycles. The van der Waals surface area contributed by atoms with Crippen LogP contribution in [0.25, 0.3) is 10.8 Å². The smallest absolute Gasteiger partial charge is 0.261 e. The highest BCUT2D eigenvalue weighted by Gasteiger charge is 2.15. The third-order valence-corrected chi connectivity index (χ3v) is 5.32. The number of halogens is 2. The highest BCUT2D eigenvalue weighted by molar-refractivity contribution is 6.35. The molecular formula is C24H18Cl2N2O3. The largest absolute Gasteiger partial charge is 0.497 e. The van der Waals surface area contributed by atoms with Crippen LogP contribution in [0.5, 0.6) is 11.6 Å². The molecule has 0 aliphatic rings. The van der Waals surface area contributed by atoms with E-state index in [0.29, 0.717) is 37.8 Å². The summed E-state index contributed by atoms with van der Waals surface area (Å²) in [6.45, 7) is 0.198. The predicted octanol–water partition coefficient (Wildman–Crippen LogP) is 5.82. The van der Waals surface area contributed by atoms with Crippen molar-refractivity contribution in [1.82, 2.24) is 4.57 Å². The lowest BCUT2D eigenvalue weighted by atomic mass is 10.1. The summed E-state index contributed by atoms with van der Waals surface area (Å²) in [4.78, 5) is 17.5. The molecule has 7 heteroatoms. The maximum Gasteiger partial charge on any atom is 0.261 e. The van der Waals surface area contributed by atoms with Gasteiger partial charge in [-0.25, -0.2) is 0 Å². The Labute approximate surface area is 188 Å². The standard InChI is InChI=1S/C24H18Cl2N2O3/c1-31-19-8-6-15(7-9-19)14-28-23(29)21-5-3-2-4-20(21)22(24(28)30)13-27-18-11-16(25)10-17(26)12-18/h2-13,30H,14H2,1H3. The van der Waals surface area contributed by atoms with Crippen LogP contribution in [0, 0.1) is 0 Å². The normalized spacial score (nSPS) is 11.3. The van der Waals surface area contributed by atoms with Crippen LogP contribution in [0.1, 0.15) is 11.1 Å². The molecule has 5 nitrogen and oxygen atoms in total. The number of pyridine rings is 1. The zero-order valence-electron chi connectivity index (χ0n) is 16.5. The average molecular weight is 453 g/mol. The molecule has 0 amide bonds. The third kappa shape index (κ3) is 4.43. The average Bonchev–Trinajstić information content (AvgIpc) is 2.76. The molecule has 0 aliphatic heterocycles. The predicted molar refractivity (Wildman–Crippen MR) is 126 cm³/mol. The van der Waals surface area contributed by atoms with Crippen LogP contribution in [-0.4, -0.2) is 23.0 Å². The van der Waals surface area contributed by atoms with E-state index in [0.717, 1.165) is 5.56 Å². The summed E-state index contributed by atoms with van der Waals surface area (Å²) in [7, 11) is 1.59. The number of fused-ring (bicyclic) bond motifs is 1. The van der Waals surface area contributed by atoms with Crippen molar-refractivity contribution in [3.05, 3.63) is 98.3 Å². The van der Waals surface area contributed by atoms with Gasteiger partial charge in [0.15, 0.2) is 0 Å². The van der Waals surface area contributed by atoms with Gasteiger partial charge in [-0.2, -0.15) is 0 Å². The zero-order valence-corrected chi connectivity index (χ0v) is 18.1. The minimum atomic E-state index is -0.285. The van der Waals surface area contributed by atoms with Crippen molar-refractivity contribution < 1.29 is 9.84 Å². The van der Waals surface area contributed by atoms with Crippen molar-refractivity contribution >= 4 is 45.9 Å². The molecule has 1 heterocycles. The fourth-order valence-electron chi connectivity index (χ4n) is 3.35. The topological polar surface area (TPSA) is 63.8 Å². The second-order valence-electron chi connectivity index (χ2n) is 6.91. The number of hydrogen-bond acceptors (Lipinski definition) is 4. The number of aromatic nitrogens is 1. The van der Waals surface area contributed by atoms with Crippen LogP contribution in [0.15, 0.2) is 76.5 Å². The Balaban J connectivity index is 1.84. The number of benzene rings is 3. The molecule has 4 aromatic rings. The van der Waals surface area contributed by atoms with Crippen molar-refractivity contribution in [2.75, 3.05) is 7.11 Å². The molecule has 0 radical (unpaired) electrons.